The van der Waals surface area contributed by atoms with Crippen molar-refractivity contribution in [2.24, 2.45) is 4.99 Å². The molecular weight excluding hydrogens is 378 g/mol. The highest BCUT2D eigenvalue weighted by Gasteiger charge is 2.14. The number of benzene rings is 2. The summed E-state index contributed by atoms with van der Waals surface area (Å²) < 4.78 is 17.0. The molecule has 2 N–H and O–H groups in total. The zero-order chi connectivity index (χ0) is 20.9. The third-order valence-electron chi connectivity index (χ3n) is 4.94. The van der Waals surface area contributed by atoms with E-state index >= 15 is 0 Å². The highest BCUT2D eigenvalue weighted by atomic mass is 16.5. The molecule has 1 fully saturated rings. The van der Waals surface area contributed by atoms with Crippen molar-refractivity contribution in [3.05, 3.63) is 65.7 Å². The third kappa shape index (κ3) is 8.05. The van der Waals surface area contributed by atoms with E-state index in [0.29, 0.717) is 19.3 Å². The lowest BCUT2D eigenvalue weighted by Gasteiger charge is -2.13. The third-order valence-corrected chi connectivity index (χ3v) is 4.94. The number of aliphatic imine (C=N–C) groups is 1. The van der Waals surface area contributed by atoms with Crippen LogP contribution in [0.3, 0.4) is 0 Å². The first-order valence-corrected chi connectivity index (χ1v) is 10.7. The van der Waals surface area contributed by atoms with Crippen molar-refractivity contribution in [2.45, 2.75) is 38.5 Å². The first kappa shape index (κ1) is 22.1. The number of hydrogen-bond donors (Lipinski definition) is 2. The van der Waals surface area contributed by atoms with Crippen LogP contribution in [0.5, 0.6) is 5.75 Å². The Morgan fingerprint density at radius 3 is 2.60 bits per heavy atom. The van der Waals surface area contributed by atoms with Gasteiger partial charge in [0.1, 0.15) is 12.4 Å². The van der Waals surface area contributed by atoms with Crippen LogP contribution in [0.4, 0.5) is 0 Å². The molecule has 1 saturated heterocycles. The van der Waals surface area contributed by atoms with Crippen LogP contribution >= 0.6 is 0 Å². The maximum atomic E-state index is 5.79. The Morgan fingerprint density at radius 1 is 1.07 bits per heavy atom. The number of ether oxygens (including phenoxy) is 3. The molecule has 1 atom stereocenters. The van der Waals surface area contributed by atoms with E-state index in [1.165, 1.54) is 5.56 Å². The van der Waals surface area contributed by atoms with Gasteiger partial charge < -0.3 is 24.8 Å². The maximum absolute atomic E-state index is 5.79. The summed E-state index contributed by atoms with van der Waals surface area (Å²) >= 11 is 0. The summed E-state index contributed by atoms with van der Waals surface area (Å²) in [5.41, 5.74) is 2.34. The molecule has 0 amide bonds. The molecule has 0 spiro atoms. The molecule has 162 valence electrons. The van der Waals surface area contributed by atoms with E-state index < -0.39 is 0 Å². The zero-order valence-corrected chi connectivity index (χ0v) is 17.8. The zero-order valence-electron chi connectivity index (χ0n) is 17.8. The van der Waals surface area contributed by atoms with E-state index in [-0.39, 0.29) is 0 Å². The highest BCUT2D eigenvalue weighted by Crippen LogP contribution is 2.13. The highest BCUT2D eigenvalue weighted by molar-refractivity contribution is 5.79. The first-order valence-electron chi connectivity index (χ1n) is 10.7. The van der Waals surface area contributed by atoms with Crippen LogP contribution in [0.1, 0.15) is 30.4 Å². The van der Waals surface area contributed by atoms with E-state index in [1.54, 1.807) is 7.05 Å². The molecule has 0 aliphatic carbocycles. The van der Waals surface area contributed by atoms with Gasteiger partial charge in [0, 0.05) is 33.4 Å². The second-order valence-electron chi connectivity index (χ2n) is 7.33. The molecule has 2 aromatic rings. The van der Waals surface area contributed by atoms with Gasteiger partial charge >= 0.3 is 0 Å². The van der Waals surface area contributed by atoms with Crippen molar-refractivity contribution in [1.29, 1.82) is 0 Å². The number of nitrogens with zero attached hydrogens (tertiary/aromatic N) is 1. The Hall–Kier alpha value is -2.57. The quantitative estimate of drug-likeness (QED) is 0.337. The Kier molecular flexibility index (Phi) is 9.50. The molecule has 0 radical (unpaired) electrons. The van der Waals surface area contributed by atoms with Gasteiger partial charge in [-0.25, -0.2) is 0 Å². The lowest BCUT2D eigenvalue weighted by atomic mass is 10.1. The number of rotatable bonds is 11. The Bertz CT molecular complexity index is 744. The van der Waals surface area contributed by atoms with Crippen LogP contribution < -0.4 is 15.4 Å². The summed E-state index contributed by atoms with van der Waals surface area (Å²) in [5, 5.41) is 6.67. The smallest absolute Gasteiger partial charge is 0.191 e. The van der Waals surface area contributed by atoms with Gasteiger partial charge in [-0.1, -0.05) is 42.5 Å². The van der Waals surface area contributed by atoms with Crippen molar-refractivity contribution in [2.75, 3.05) is 33.4 Å². The Balaban J connectivity index is 1.28. The van der Waals surface area contributed by atoms with Crippen LogP contribution in [0.2, 0.25) is 0 Å². The van der Waals surface area contributed by atoms with E-state index in [9.17, 15) is 0 Å². The van der Waals surface area contributed by atoms with Crippen molar-refractivity contribution in [1.82, 2.24) is 10.6 Å². The molecule has 1 aliphatic heterocycles. The fourth-order valence-corrected chi connectivity index (χ4v) is 3.21. The van der Waals surface area contributed by atoms with Gasteiger partial charge in [0.25, 0.3) is 0 Å². The minimum atomic E-state index is 0.295. The average Bonchev–Trinajstić information content (AvgIpc) is 3.32. The lowest BCUT2D eigenvalue weighted by molar-refractivity contribution is 0.0168. The van der Waals surface area contributed by atoms with Crippen molar-refractivity contribution >= 4 is 5.96 Å². The normalized spacial score (nSPS) is 16.4. The van der Waals surface area contributed by atoms with Gasteiger partial charge in [-0.05, 0) is 42.5 Å². The number of guanidine groups is 1. The standard InChI is InChI=1S/C24H33N3O3/c1-25-24(26-14-6-15-28-19-23-9-5-16-29-23)27-17-20-10-12-21(13-11-20)18-30-22-7-3-2-4-8-22/h2-4,7-8,10-13,23H,5-6,9,14-19H2,1H3,(H2,25,26,27). The van der Waals surface area contributed by atoms with E-state index in [4.69, 9.17) is 14.2 Å². The molecule has 30 heavy (non-hydrogen) atoms. The molecule has 6 heteroatoms. The summed E-state index contributed by atoms with van der Waals surface area (Å²) in [6, 6.07) is 18.3. The minimum absolute atomic E-state index is 0.295. The molecule has 0 aromatic heterocycles. The molecule has 0 saturated carbocycles. The van der Waals surface area contributed by atoms with Gasteiger partial charge in [-0.2, -0.15) is 0 Å². The Morgan fingerprint density at radius 2 is 1.87 bits per heavy atom. The molecule has 1 unspecified atom stereocenters. The summed E-state index contributed by atoms with van der Waals surface area (Å²) in [6.45, 7) is 4.42. The van der Waals surface area contributed by atoms with E-state index in [2.05, 4.69) is 39.9 Å². The fraction of sp³-hybridized carbons (Fsp3) is 0.458. The average molecular weight is 412 g/mol. The van der Waals surface area contributed by atoms with Gasteiger partial charge in [0.15, 0.2) is 5.96 Å². The topological polar surface area (TPSA) is 64.1 Å². The number of para-hydroxylation sites is 1. The summed E-state index contributed by atoms with van der Waals surface area (Å²) in [7, 11) is 1.79. The molecule has 1 heterocycles. The summed E-state index contributed by atoms with van der Waals surface area (Å²) in [6.07, 6.45) is 3.50. The first-order chi connectivity index (χ1) is 14.8. The monoisotopic (exact) mass is 411 g/mol. The second-order valence-corrected chi connectivity index (χ2v) is 7.33. The van der Waals surface area contributed by atoms with Crippen molar-refractivity contribution in [3.63, 3.8) is 0 Å². The van der Waals surface area contributed by atoms with Crippen LogP contribution in [0.15, 0.2) is 59.6 Å². The van der Waals surface area contributed by atoms with E-state index in [0.717, 1.165) is 62.8 Å². The second kappa shape index (κ2) is 12.9. The number of hydrogen-bond acceptors (Lipinski definition) is 4. The fourth-order valence-electron chi connectivity index (χ4n) is 3.21. The van der Waals surface area contributed by atoms with Crippen molar-refractivity contribution < 1.29 is 14.2 Å². The summed E-state index contributed by atoms with van der Waals surface area (Å²) in [5.74, 6) is 1.68. The molecule has 2 aromatic carbocycles. The van der Waals surface area contributed by atoms with Gasteiger partial charge in [0.2, 0.25) is 0 Å². The van der Waals surface area contributed by atoms with Crippen LogP contribution in [0, 0.1) is 0 Å². The van der Waals surface area contributed by atoms with Crippen LogP contribution in [0.25, 0.3) is 0 Å². The SMILES string of the molecule is CN=C(NCCCOCC1CCCO1)NCc1ccc(COc2ccccc2)cc1. The minimum Gasteiger partial charge on any atom is -0.489 e. The largest absolute Gasteiger partial charge is 0.489 e. The van der Waals surface area contributed by atoms with Crippen molar-refractivity contribution in [3.8, 4) is 5.75 Å². The van der Waals surface area contributed by atoms with Gasteiger partial charge in [-0.3, -0.25) is 4.99 Å². The molecule has 3 rings (SSSR count). The van der Waals surface area contributed by atoms with Gasteiger partial charge in [0.05, 0.1) is 12.7 Å². The molecule has 1 aliphatic rings. The molecular formula is C24H33N3O3. The maximum Gasteiger partial charge on any atom is 0.191 e. The summed E-state index contributed by atoms with van der Waals surface area (Å²) in [4.78, 5) is 4.28. The van der Waals surface area contributed by atoms with E-state index in [1.807, 2.05) is 30.3 Å². The van der Waals surface area contributed by atoms with Crippen LogP contribution in [-0.4, -0.2) is 45.5 Å². The Labute approximate surface area is 179 Å². The van der Waals surface area contributed by atoms with Crippen LogP contribution in [-0.2, 0) is 22.6 Å². The predicted molar refractivity (Wildman–Crippen MR) is 120 cm³/mol. The predicted octanol–water partition coefficient (Wildman–Crippen LogP) is 3.52. The number of nitrogens with one attached hydrogen (secondary N) is 2. The molecule has 0 bridgehead atoms. The van der Waals surface area contributed by atoms with Gasteiger partial charge in [-0.15, -0.1) is 0 Å². The molecule has 6 nitrogen and oxygen atoms in total. The lowest BCUT2D eigenvalue weighted by Crippen LogP contribution is -2.37.